The Bertz CT molecular complexity index is 1200. The molecule has 7 nitrogen and oxygen atoms in total. The lowest BCUT2D eigenvalue weighted by Gasteiger charge is -2.43. The summed E-state index contributed by atoms with van der Waals surface area (Å²) in [5, 5.41) is 9.17. The van der Waals surface area contributed by atoms with Crippen molar-refractivity contribution in [2.24, 2.45) is 11.3 Å². The molecule has 218 valence electrons. The number of carbonyl (C=O) groups is 3. The van der Waals surface area contributed by atoms with Gasteiger partial charge in [0.15, 0.2) is 0 Å². The van der Waals surface area contributed by atoms with E-state index in [0.29, 0.717) is 17.2 Å². The minimum absolute atomic E-state index is 0.0131. The molecule has 6 rings (SSSR count). The molecule has 1 saturated heterocycles. The van der Waals surface area contributed by atoms with Gasteiger partial charge < -0.3 is 15.5 Å². The molecule has 1 aromatic rings. The topological polar surface area (TPSA) is 90.5 Å². The molecule has 2 heterocycles. The van der Waals surface area contributed by atoms with Crippen molar-refractivity contribution in [3.63, 3.8) is 0 Å². The zero-order valence-corrected chi connectivity index (χ0v) is 22.5. The van der Waals surface area contributed by atoms with Gasteiger partial charge in [0, 0.05) is 42.3 Å². The van der Waals surface area contributed by atoms with Gasteiger partial charge >= 0.3 is 6.18 Å². The highest BCUT2D eigenvalue weighted by Crippen LogP contribution is 2.57. The van der Waals surface area contributed by atoms with E-state index in [0.717, 1.165) is 38.5 Å². The van der Waals surface area contributed by atoms with Crippen LogP contribution in [0.5, 0.6) is 0 Å². The molecule has 3 N–H and O–H groups in total. The molecule has 40 heavy (non-hydrogen) atoms. The van der Waals surface area contributed by atoms with Crippen LogP contribution in [0.2, 0.25) is 0 Å². The highest BCUT2D eigenvalue weighted by Gasteiger charge is 2.62. The Morgan fingerprint density at radius 3 is 2.35 bits per heavy atom. The molecule has 3 amide bonds. The van der Waals surface area contributed by atoms with Crippen LogP contribution in [0.4, 0.5) is 23.2 Å². The molecule has 1 aromatic carbocycles. The summed E-state index contributed by atoms with van der Waals surface area (Å²) in [6.07, 6.45) is 3.86. The second-order valence-electron chi connectivity index (χ2n) is 12.7. The van der Waals surface area contributed by atoms with Crippen LogP contribution in [0, 0.1) is 17.2 Å². The van der Waals surface area contributed by atoms with E-state index in [2.05, 4.69) is 16.0 Å². The standard InChI is InChI=1S/C29H36F4N4O3/c30-20-3-4-21(19-15-37(26(40)24(19)20)22-5-6-23(38)35-25(22)39)36-28(10-7-17-1-2-17)11-8-18(9-12-28)34-16-27(13-14-27)29(31,32)33/h3-4,17-18,22,34,36H,1-2,5-16H2,(H,35,38,39). The van der Waals surface area contributed by atoms with Crippen LogP contribution in [0.15, 0.2) is 12.1 Å². The smallest absolute Gasteiger partial charge is 0.379 e. The largest absolute Gasteiger partial charge is 0.395 e. The zero-order chi connectivity index (χ0) is 28.3. The number of nitrogens with one attached hydrogen (secondary N) is 3. The molecule has 0 spiro atoms. The fourth-order valence-electron chi connectivity index (χ4n) is 6.78. The predicted molar refractivity (Wildman–Crippen MR) is 139 cm³/mol. The van der Waals surface area contributed by atoms with Crippen LogP contribution in [-0.4, -0.2) is 53.0 Å². The summed E-state index contributed by atoms with van der Waals surface area (Å²) in [7, 11) is 0. The van der Waals surface area contributed by atoms with Gasteiger partial charge in [0.25, 0.3) is 5.91 Å². The molecule has 0 bridgehead atoms. The number of anilines is 1. The summed E-state index contributed by atoms with van der Waals surface area (Å²) >= 11 is 0. The molecule has 0 radical (unpaired) electrons. The first kappa shape index (κ1) is 27.5. The molecule has 1 unspecified atom stereocenters. The minimum Gasteiger partial charge on any atom is -0.379 e. The van der Waals surface area contributed by atoms with Gasteiger partial charge in [-0.15, -0.1) is 0 Å². The van der Waals surface area contributed by atoms with Crippen LogP contribution < -0.4 is 16.0 Å². The summed E-state index contributed by atoms with van der Waals surface area (Å²) in [5.41, 5.74) is -0.734. The van der Waals surface area contributed by atoms with E-state index in [-0.39, 0.29) is 61.8 Å². The fraction of sp³-hybridized carbons (Fsp3) is 0.690. The summed E-state index contributed by atoms with van der Waals surface area (Å²) in [5.74, 6) is -1.42. The van der Waals surface area contributed by atoms with Crippen molar-refractivity contribution in [3.8, 4) is 0 Å². The maximum Gasteiger partial charge on any atom is 0.395 e. The number of hydrogen-bond donors (Lipinski definition) is 3. The van der Waals surface area contributed by atoms with E-state index >= 15 is 0 Å². The highest BCUT2D eigenvalue weighted by molar-refractivity contribution is 6.06. The average Bonchev–Trinajstić information content (AvgIpc) is 3.83. The van der Waals surface area contributed by atoms with Gasteiger partial charge in [-0.05, 0) is 75.8 Å². The van der Waals surface area contributed by atoms with Crippen molar-refractivity contribution in [1.82, 2.24) is 15.5 Å². The summed E-state index contributed by atoms with van der Waals surface area (Å²) in [6.45, 7) is 0.0381. The molecule has 4 fully saturated rings. The third kappa shape index (κ3) is 5.21. The maximum atomic E-state index is 15.0. The van der Waals surface area contributed by atoms with Gasteiger partial charge in [0.2, 0.25) is 11.8 Å². The quantitative estimate of drug-likeness (QED) is 0.296. The number of carbonyl (C=O) groups excluding carboxylic acids is 3. The minimum atomic E-state index is -4.17. The number of amides is 3. The monoisotopic (exact) mass is 564 g/mol. The van der Waals surface area contributed by atoms with Crippen LogP contribution in [-0.2, 0) is 16.1 Å². The Kier molecular flexibility index (Phi) is 6.86. The van der Waals surface area contributed by atoms with Crippen molar-refractivity contribution < 1.29 is 31.9 Å². The maximum absolute atomic E-state index is 15.0. The molecule has 1 atom stereocenters. The van der Waals surface area contributed by atoms with E-state index < -0.39 is 35.3 Å². The number of rotatable bonds is 9. The third-order valence-electron chi connectivity index (χ3n) is 9.91. The number of alkyl halides is 3. The Labute approximate surface area is 230 Å². The Morgan fingerprint density at radius 1 is 1.00 bits per heavy atom. The number of nitrogens with zero attached hydrogens (tertiary/aromatic N) is 1. The van der Waals surface area contributed by atoms with E-state index in [9.17, 15) is 31.9 Å². The van der Waals surface area contributed by atoms with Crippen LogP contribution >= 0.6 is 0 Å². The third-order valence-corrected chi connectivity index (χ3v) is 9.91. The van der Waals surface area contributed by atoms with Crippen LogP contribution in [0.1, 0.15) is 93.0 Å². The summed E-state index contributed by atoms with van der Waals surface area (Å²) in [4.78, 5) is 38.7. The number of fused-ring (bicyclic) bond motifs is 1. The Hall–Kier alpha value is -2.69. The van der Waals surface area contributed by atoms with Gasteiger partial charge in [0.05, 0.1) is 11.0 Å². The number of piperidine rings is 1. The Balaban J connectivity index is 1.17. The van der Waals surface area contributed by atoms with E-state index in [1.165, 1.54) is 23.8 Å². The lowest BCUT2D eigenvalue weighted by Crippen LogP contribution is -2.52. The molecular formula is C29H36F4N4O3. The lowest BCUT2D eigenvalue weighted by atomic mass is 9.75. The zero-order valence-electron chi connectivity index (χ0n) is 22.5. The normalized spacial score (nSPS) is 29.8. The first-order valence-corrected chi connectivity index (χ1v) is 14.5. The van der Waals surface area contributed by atoms with Crippen molar-refractivity contribution in [3.05, 3.63) is 29.1 Å². The molecular weight excluding hydrogens is 528 g/mol. The Morgan fingerprint density at radius 2 is 1.73 bits per heavy atom. The van der Waals surface area contributed by atoms with Gasteiger partial charge in [-0.3, -0.25) is 19.7 Å². The SMILES string of the molecule is O=C1CCC(N2Cc3c(NC4(CCC5CC5)CCC(NCC5(C(F)(F)F)CC5)CC4)ccc(F)c3C2=O)C(=O)N1. The first-order chi connectivity index (χ1) is 19.0. The molecule has 11 heteroatoms. The predicted octanol–water partition coefficient (Wildman–Crippen LogP) is 4.80. The van der Waals surface area contributed by atoms with Crippen LogP contribution in [0.3, 0.4) is 0 Å². The summed E-state index contributed by atoms with van der Waals surface area (Å²) < 4.78 is 55.2. The highest BCUT2D eigenvalue weighted by atomic mass is 19.4. The van der Waals surface area contributed by atoms with E-state index in [1.807, 2.05) is 0 Å². The molecule has 2 aliphatic heterocycles. The molecule has 0 aromatic heterocycles. The van der Waals surface area contributed by atoms with Gasteiger partial charge in [-0.2, -0.15) is 13.2 Å². The summed E-state index contributed by atoms with van der Waals surface area (Å²) in [6, 6.07) is 2.11. The fourth-order valence-corrected chi connectivity index (χ4v) is 6.78. The number of imide groups is 1. The van der Waals surface area contributed by atoms with Gasteiger partial charge in [-0.25, -0.2) is 4.39 Å². The average molecular weight is 565 g/mol. The van der Waals surface area contributed by atoms with Gasteiger partial charge in [0.1, 0.15) is 11.9 Å². The molecule has 5 aliphatic rings. The van der Waals surface area contributed by atoms with Gasteiger partial charge in [-0.1, -0.05) is 12.8 Å². The molecule has 3 saturated carbocycles. The van der Waals surface area contributed by atoms with Crippen molar-refractivity contribution >= 4 is 23.4 Å². The number of hydrogen-bond acceptors (Lipinski definition) is 5. The van der Waals surface area contributed by atoms with Crippen LogP contribution in [0.25, 0.3) is 0 Å². The molecule has 3 aliphatic carbocycles. The number of halogens is 4. The van der Waals surface area contributed by atoms with Crippen molar-refractivity contribution in [2.75, 3.05) is 11.9 Å². The number of benzene rings is 1. The van der Waals surface area contributed by atoms with E-state index in [1.54, 1.807) is 6.07 Å². The van der Waals surface area contributed by atoms with E-state index in [4.69, 9.17) is 0 Å². The second kappa shape index (κ2) is 9.99. The van der Waals surface area contributed by atoms with Crippen molar-refractivity contribution in [2.45, 2.75) is 107 Å². The van der Waals surface area contributed by atoms with Crippen molar-refractivity contribution in [1.29, 1.82) is 0 Å². The lowest BCUT2D eigenvalue weighted by molar-refractivity contribution is -0.186. The second-order valence-corrected chi connectivity index (χ2v) is 12.7. The first-order valence-electron chi connectivity index (χ1n) is 14.5.